The molecule has 3 aliphatic rings. The summed E-state index contributed by atoms with van der Waals surface area (Å²) < 4.78 is 14.3. The molecule has 29 heavy (non-hydrogen) atoms. The van der Waals surface area contributed by atoms with Crippen LogP contribution in [-0.4, -0.2) is 5.78 Å². The first-order chi connectivity index (χ1) is 14.0. The van der Waals surface area contributed by atoms with Crippen LogP contribution in [0.3, 0.4) is 0 Å². The van der Waals surface area contributed by atoms with Gasteiger partial charge in [-0.25, -0.2) is 4.39 Å². The first kappa shape index (κ1) is 18.5. The summed E-state index contributed by atoms with van der Waals surface area (Å²) in [7, 11) is 0. The Labute approximate surface area is 177 Å². The molecular weight excluding hydrogens is 427 g/mol. The van der Waals surface area contributed by atoms with Crippen molar-refractivity contribution in [1.82, 2.24) is 0 Å². The van der Waals surface area contributed by atoms with E-state index in [9.17, 15) is 9.18 Å². The lowest BCUT2D eigenvalue weighted by Gasteiger charge is -2.28. The molecule has 1 unspecified atom stereocenters. The molecule has 0 N–H and O–H groups in total. The van der Waals surface area contributed by atoms with Crippen LogP contribution in [0.1, 0.15) is 54.1 Å². The molecule has 0 amide bonds. The van der Waals surface area contributed by atoms with Crippen molar-refractivity contribution in [1.29, 1.82) is 0 Å². The summed E-state index contributed by atoms with van der Waals surface area (Å²) in [6.45, 7) is 4.21. The zero-order valence-electron chi connectivity index (χ0n) is 16.4. The van der Waals surface area contributed by atoms with Gasteiger partial charge in [0.2, 0.25) is 0 Å². The average molecular weight is 447 g/mol. The van der Waals surface area contributed by atoms with E-state index in [-0.39, 0.29) is 17.5 Å². The molecule has 0 saturated carbocycles. The van der Waals surface area contributed by atoms with Crippen LogP contribution in [-0.2, 0) is 0 Å². The Bertz CT molecular complexity index is 1310. The molecule has 1 nitrogen and oxygen atoms in total. The van der Waals surface area contributed by atoms with E-state index >= 15 is 0 Å². The largest absolute Gasteiger partial charge is 0.294 e. The lowest BCUT2D eigenvalue weighted by molar-refractivity contribution is 0.0990. The highest BCUT2D eigenvalue weighted by molar-refractivity contribution is 9.10. The molecule has 3 heteroatoms. The fraction of sp³-hybridized carbons (Fsp3) is 0.192. The van der Waals surface area contributed by atoms with Crippen molar-refractivity contribution in [2.45, 2.75) is 32.6 Å². The molecule has 0 radical (unpaired) electrons. The van der Waals surface area contributed by atoms with E-state index in [1.54, 1.807) is 0 Å². The molecule has 0 aromatic heterocycles. The molecule has 0 fully saturated rings. The quantitative estimate of drug-likeness (QED) is 0.567. The fourth-order valence-electron chi connectivity index (χ4n) is 4.74. The second-order valence-corrected chi connectivity index (χ2v) is 8.81. The Morgan fingerprint density at radius 3 is 2.69 bits per heavy atom. The Balaban J connectivity index is 1.89. The van der Waals surface area contributed by atoms with Crippen LogP contribution < -0.4 is 10.4 Å². The number of fused-ring (bicyclic) bond motifs is 4. The van der Waals surface area contributed by atoms with Gasteiger partial charge in [-0.05, 0) is 86.6 Å². The van der Waals surface area contributed by atoms with Crippen LogP contribution >= 0.6 is 15.9 Å². The van der Waals surface area contributed by atoms with Gasteiger partial charge in [-0.15, -0.1) is 0 Å². The molecule has 0 spiro atoms. The maximum absolute atomic E-state index is 13.9. The van der Waals surface area contributed by atoms with Crippen LogP contribution in [0.25, 0.3) is 11.1 Å². The normalized spacial score (nSPS) is 20.0. The van der Waals surface area contributed by atoms with E-state index in [0.717, 1.165) is 44.7 Å². The van der Waals surface area contributed by atoms with Crippen LogP contribution in [0.4, 0.5) is 4.39 Å². The highest BCUT2D eigenvalue weighted by atomic mass is 79.9. The van der Waals surface area contributed by atoms with Crippen LogP contribution in [0.2, 0.25) is 0 Å². The van der Waals surface area contributed by atoms with Gasteiger partial charge in [0, 0.05) is 17.9 Å². The summed E-state index contributed by atoms with van der Waals surface area (Å²) in [4.78, 5) is 13.3. The third-order valence-corrected chi connectivity index (χ3v) is 6.93. The molecule has 2 aromatic carbocycles. The van der Waals surface area contributed by atoms with E-state index < -0.39 is 0 Å². The molecule has 1 atom stereocenters. The van der Waals surface area contributed by atoms with E-state index in [1.165, 1.54) is 17.2 Å². The number of rotatable bonds is 1. The third-order valence-electron chi connectivity index (χ3n) is 6.32. The Morgan fingerprint density at radius 1 is 1.10 bits per heavy atom. The highest BCUT2D eigenvalue weighted by Crippen LogP contribution is 2.36. The fourth-order valence-corrected chi connectivity index (χ4v) is 5.14. The maximum atomic E-state index is 13.9. The summed E-state index contributed by atoms with van der Waals surface area (Å²) in [5.41, 5.74) is 7.55. The number of hydrogen-bond donors (Lipinski definition) is 0. The van der Waals surface area contributed by atoms with Crippen molar-refractivity contribution in [3.05, 3.63) is 103 Å². The monoisotopic (exact) mass is 446 g/mol. The predicted molar refractivity (Wildman–Crippen MR) is 119 cm³/mol. The molecule has 144 valence electrons. The van der Waals surface area contributed by atoms with Crippen LogP contribution in [0, 0.1) is 5.82 Å². The predicted octanol–water partition coefficient (Wildman–Crippen LogP) is 5.47. The highest BCUT2D eigenvalue weighted by Gasteiger charge is 2.30. The standard InChI is InChI=1S/C26H20BrFO/c1-14-11-21(17-7-10-23(28)22(27)12-17)25-18(15(14)2)8-9-20-19-6-4-3-5-16(19)13-24(29)26(20)25/h4-12,21H,3,13H2,1-2H3. The summed E-state index contributed by atoms with van der Waals surface area (Å²) in [5.74, 6) is -0.186. The lowest BCUT2D eigenvalue weighted by atomic mass is 9.75. The molecule has 0 aliphatic heterocycles. The van der Waals surface area contributed by atoms with Gasteiger partial charge in [-0.3, -0.25) is 4.79 Å². The number of benzene rings is 2. The zero-order valence-corrected chi connectivity index (χ0v) is 17.9. The number of Topliss-reactive ketones (excluding diaryl/α,β-unsaturated/α-hetero) is 1. The molecular formula is C26H20BrFO. The minimum atomic E-state index is -0.280. The number of halogens is 2. The molecule has 0 bridgehead atoms. The van der Waals surface area contributed by atoms with Gasteiger partial charge in [-0.1, -0.05) is 48.1 Å². The maximum Gasteiger partial charge on any atom is 0.168 e. The number of allylic oxidation sites excluding steroid dienone is 6. The summed E-state index contributed by atoms with van der Waals surface area (Å²) >= 11 is 3.32. The average Bonchev–Trinajstić information content (AvgIpc) is 2.72. The van der Waals surface area contributed by atoms with Gasteiger partial charge in [0.05, 0.1) is 4.47 Å². The van der Waals surface area contributed by atoms with Crippen molar-refractivity contribution < 1.29 is 9.18 Å². The van der Waals surface area contributed by atoms with Crippen LogP contribution in [0.15, 0.2) is 70.3 Å². The minimum Gasteiger partial charge on any atom is -0.294 e. The lowest BCUT2D eigenvalue weighted by Crippen LogP contribution is -2.34. The number of carbonyl (C=O) groups excluding carboxylic acids is 1. The van der Waals surface area contributed by atoms with E-state index in [1.807, 2.05) is 12.1 Å². The van der Waals surface area contributed by atoms with E-state index in [4.69, 9.17) is 0 Å². The molecule has 0 saturated heterocycles. The number of carbonyl (C=O) groups is 1. The van der Waals surface area contributed by atoms with Crippen LogP contribution in [0.5, 0.6) is 0 Å². The number of ketones is 1. The first-order valence-corrected chi connectivity index (χ1v) is 10.7. The van der Waals surface area contributed by atoms with Gasteiger partial charge in [-0.2, -0.15) is 0 Å². The Hall–Kier alpha value is -2.52. The molecule has 3 aliphatic carbocycles. The van der Waals surface area contributed by atoms with E-state index in [0.29, 0.717) is 10.9 Å². The SMILES string of the molecule is CC1=CC(c2ccc(F)c(Br)c2)c2c3c(ccc2=C1C)=C1C=CCC=C1CC3=O. The smallest absolute Gasteiger partial charge is 0.168 e. The zero-order chi connectivity index (χ0) is 20.3. The van der Waals surface area contributed by atoms with Gasteiger partial charge >= 0.3 is 0 Å². The second kappa shape index (κ2) is 6.77. The first-order valence-electron chi connectivity index (χ1n) is 9.86. The minimum absolute atomic E-state index is 0.0804. The summed E-state index contributed by atoms with van der Waals surface area (Å²) in [5, 5.41) is 2.14. The molecule has 0 heterocycles. The summed E-state index contributed by atoms with van der Waals surface area (Å²) in [6.07, 6.45) is 9.99. The van der Waals surface area contributed by atoms with Gasteiger partial charge in [0.1, 0.15) is 5.82 Å². The van der Waals surface area contributed by atoms with E-state index in [2.05, 4.69) is 66.2 Å². The van der Waals surface area contributed by atoms with Crippen molar-refractivity contribution in [3.63, 3.8) is 0 Å². The van der Waals surface area contributed by atoms with Crippen molar-refractivity contribution in [3.8, 4) is 0 Å². The second-order valence-electron chi connectivity index (χ2n) is 7.96. The van der Waals surface area contributed by atoms with Gasteiger partial charge in [0.25, 0.3) is 0 Å². The van der Waals surface area contributed by atoms with Crippen molar-refractivity contribution in [2.75, 3.05) is 0 Å². The van der Waals surface area contributed by atoms with Crippen molar-refractivity contribution >= 4 is 32.9 Å². The van der Waals surface area contributed by atoms with Crippen molar-refractivity contribution in [2.24, 2.45) is 0 Å². The molecule has 2 aromatic rings. The topological polar surface area (TPSA) is 17.1 Å². The third kappa shape index (κ3) is 2.83. The van der Waals surface area contributed by atoms with Gasteiger partial charge < -0.3 is 0 Å². The Kier molecular flexibility index (Phi) is 4.32. The molecule has 5 rings (SSSR count). The Morgan fingerprint density at radius 2 is 1.90 bits per heavy atom. The number of hydrogen-bond acceptors (Lipinski definition) is 1. The summed E-state index contributed by atoms with van der Waals surface area (Å²) in [6, 6.07) is 9.40. The van der Waals surface area contributed by atoms with Gasteiger partial charge in [0.15, 0.2) is 5.78 Å².